The first-order chi connectivity index (χ1) is 7.70. The Bertz CT molecular complexity index is 353. The lowest BCUT2D eigenvalue weighted by Crippen LogP contribution is -1.99. The molecule has 0 bridgehead atoms. The van der Waals surface area contributed by atoms with Crippen molar-refractivity contribution in [3.8, 4) is 5.75 Å². The number of thiophene rings is 1. The summed E-state index contributed by atoms with van der Waals surface area (Å²) in [4.78, 5) is 11.1. The number of nitrogens with one attached hydrogen (secondary N) is 1. The van der Waals surface area contributed by atoms with Crippen LogP contribution >= 0.6 is 23.7 Å². The van der Waals surface area contributed by atoms with E-state index in [9.17, 15) is 4.79 Å². The van der Waals surface area contributed by atoms with Crippen molar-refractivity contribution >= 4 is 35.3 Å². The van der Waals surface area contributed by atoms with E-state index < -0.39 is 5.97 Å². The van der Waals surface area contributed by atoms with Gasteiger partial charge in [0.25, 0.3) is 0 Å². The van der Waals surface area contributed by atoms with Gasteiger partial charge in [-0.2, -0.15) is 0 Å². The molecule has 0 saturated carbocycles. The molecule has 1 aromatic heterocycles. The Balaban J connectivity index is 2.62. The number of carboxylic acid groups (broad SMARTS) is 1. The Hall–Kier alpha value is -0.920. The molecule has 1 rings (SSSR count). The molecule has 0 spiro atoms. The fraction of sp³-hybridized carbons (Fsp3) is 0.444. The van der Waals surface area contributed by atoms with Gasteiger partial charge in [0, 0.05) is 12.4 Å². The summed E-state index contributed by atoms with van der Waals surface area (Å²) < 4.78 is 10.3. The van der Waals surface area contributed by atoms with Crippen molar-refractivity contribution in [1.82, 2.24) is 0 Å². The van der Waals surface area contributed by atoms with Crippen molar-refractivity contribution in [2.75, 3.05) is 19.0 Å². The molecule has 0 aliphatic carbocycles. The number of carbonyl (C=O) groups is 1. The van der Waals surface area contributed by atoms with Crippen LogP contribution in [0.1, 0.15) is 23.0 Å². The van der Waals surface area contributed by atoms with Crippen LogP contribution in [0.25, 0.3) is 0 Å². The van der Waals surface area contributed by atoms with Crippen molar-refractivity contribution in [2.45, 2.75) is 13.3 Å². The number of aromatic carboxylic acids is 1. The van der Waals surface area contributed by atoms with E-state index in [-0.39, 0.29) is 4.88 Å². The highest BCUT2D eigenvalue weighted by molar-refractivity contribution is 7.90. The van der Waals surface area contributed by atoms with E-state index in [0.717, 1.165) is 30.1 Å². The zero-order chi connectivity index (χ0) is 12.0. The van der Waals surface area contributed by atoms with Crippen LogP contribution in [0.15, 0.2) is 5.38 Å². The second-order valence-corrected chi connectivity index (χ2v) is 4.25. The van der Waals surface area contributed by atoms with Crippen LogP contribution in [0.2, 0.25) is 0 Å². The quantitative estimate of drug-likeness (QED) is 0.582. The van der Waals surface area contributed by atoms with Crippen LogP contribution in [0, 0.1) is 0 Å². The number of carboxylic acids is 1. The summed E-state index contributed by atoms with van der Waals surface area (Å²) in [5, 5.41) is 13.3. The predicted octanol–water partition coefficient (Wildman–Crippen LogP) is 2.86. The molecular weight excluding hydrogens is 250 g/mol. The summed E-state index contributed by atoms with van der Waals surface area (Å²) in [7, 11) is 1.65. The number of hydrogen-bond acceptors (Lipinski definition) is 6. The third-order valence-electron chi connectivity index (χ3n) is 1.66. The first-order valence-electron chi connectivity index (χ1n) is 4.69. The molecule has 1 aromatic rings. The summed E-state index contributed by atoms with van der Waals surface area (Å²) >= 11 is 1.98. The summed E-state index contributed by atoms with van der Waals surface area (Å²) in [6, 6.07) is 0. The van der Waals surface area contributed by atoms with Crippen LogP contribution < -0.4 is 9.50 Å². The fourth-order valence-electron chi connectivity index (χ4n) is 0.976. The Kier molecular flexibility index (Phi) is 5.44. The Morgan fingerprint density at radius 1 is 1.69 bits per heavy atom. The van der Waals surface area contributed by atoms with E-state index in [4.69, 9.17) is 13.5 Å². The molecular formula is C9H13NO4S2. The molecule has 0 atom stereocenters. The lowest BCUT2D eigenvalue weighted by molar-refractivity contribution is 0.0703. The largest absolute Gasteiger partial charge is 0.477 e. The highest BCUT2D eigenvalue weighted by Gasteiger charge is 2.17. The second-order valence-electron chi connectivity index (χ2n) is 2.83. The highest BCUT2D eigenvalue weighted by atomic mass is 32.2. The van der Waals surface area contributed by atoms with Crippen molar-refractivity contribution < 1.29 is 18.3 Å². The molecule has 5 nitrogen and oxygen atoms in total. The molecule has 0 aliphatic heterocycles. The van der Waals surface area contributed by atoms with Gasteiger partial charge in [0.05, 0.1) is 6.61 Å². The lowest BCUT2D eigenvalue weighted by atomic mass is 10.4. The molecule has 0 radical (unpaired) electrons. The van der Waals surface area contributed by atoms with Gasteiger partial charge in [-0.25, -0.2) is 4.79 Å². The molecule has 90 valence electrons. The van der Waals surface area contributed by atoms with Crippen LogP contribution in [-0.2, 0) is 4.18 Å². The molecule has 0 amide bonds. The van der Waals surface area contributed by atoms with Crippen molar-refractivity contribution in [3.63, 3.8) is 0 Å². The molecule has 16 heavy (non-hydrogen) atoms. The lowest BCUT2D eigenvalue weighted by Gasteiger charge is -2.04. The molecule has 7 heteroatoms. The number of rotatable bonds is 7. The summed E-state index contributed by atoms with van der Waals surface area (Å²) in [5.41, 5.74) is 0.477. The van der Waals surface area contributed by atoms with Gasteiger partial charge in [-0.3, -0.25) is 4.18 Å². The van der Waals surface area contributed by atoms with E-state index in [0.29, 0.717) is 18.0 Å². The number of anilines is 1. The Morgan fingerprint density at radius 3 is 3.00 bits per heavy atom. The normalized spacial score (nSPS) is 10.1. The van der Waals surface area contributed by atoms with Gasteiger partial charge in [-0.1, -0.05) is 6.92 Å². The van der Waals surface area contributed by atoms with Gasteiger partial charge in [0.2, 0.25) is 12.3 Å². The number of hydrogen-bond donors (Lipinski definition) is 2. The molecule has 1 heterocycles. The van der Waals surface area contributed by atoms with Crippen molar-refractivity contribution in [2.24, 2.45) is 0 Å². The molecule has 0 unspecified atom stereocenters. The van der Waals surface area contributed by atoms with Gasteiger partial charge in [-0.05, 0) is 6.42 Å². The van der Waals surface area contributed by atoms with E-state index >= 15 is 0 Å². The molecule has 2 N–H and O–H groups in total. The second kappa shape index (κ2) is 6.62. The van der Waals surface area contributed by atoms with Gasteiger partial charge >= 0.3 is 5.97 Å². The van der Waals surface area contributed by atoms with E-state index in [1.807, 2.05) is 6.92 Å². The summed E-state index contributed by atoms with van der Waals surface area (Å²) in [6.45, 7) is 2.59. The van der Waals surface area contributed by atoms with E-state index in [2.05, 4.69) is 5.32 Å². The summed E-state index contributed by atoms with van der Waals surface area (Å²) in [5.74, 6) is -0.491. The standard InChI is InChI=1S/C9H13NO4S2/c1-3-4-13-16-14-6-5-15-8(9(11)12)7(6)10-2/h5,10H,3-4H2,1-2H3,(H,11,12). The van der Waals surface area contributed by atoms with Crippen molar-refractivity contribution in [1.29, 1.82) is 0 Å². The highest BCUT2D eigenvalue weighted by Crippen LogP contribution is 2.36. The minimum Gasteiger partial charge on any atom is -0.477 e. The topological polar surface area (TPSA) is 67.8 Å². The van der Waals surface area contributed by atoms with Gasteiger partial charge in [-0.15, -0.1) is 11.3 Å². The Labute approximate surface area is 102 Å². The Morgan fingerprint density at radius 2 is 2.44 bits per heavy atom. The first-order valence-corrected chi connectivity index (χ1v) is 6.24. The monoisotopic (exact) mass is 263 g/mol. The molecule has 0 saturated heterocycles. The minimum atomic E-state index is -0.969. The van der Waals surface area contributed by atoms with Crippen molar-refractivity contribution in [3.05, 3.63) is 10.3 Å². The van der Waals surface area contributed by atoms with E-state index in [1.165, 1.54) is 0 Å². The van der Waals surface area contributed by atoms with Gasteiger partial charge in [0.1, 0.15) is 10.6 Å². The van der Waals surface area contributed by atoms with Crippen LogP contribution in [0.5, 0.6) is 5.75 Å². The SMILES string of the molecule is CCCOSOc1csc(C(=O)O)c1NC. The van der Waals surface area contributed by atoms with E-state index in [1.54, 1.807) is 12.4 Å². The predicted molar refractivity (Wildman–Crippen MR) is 65.3 cm³/mol. The smallest absolute Gasteiger partial charge is 0.348 e. The third kappa shape index (κ3) is 3.29. The molecule has 0 fully saturated rings. The zero-order valence-corrected chi connectivity index (χ0v) is 10.6. The maximum atomic E-state index is 10.8. The maximum absolute atomic E-state index is 10.8. The third-order valence-corrected chi connectivity index (χ3v) is 3.12. The van der Waals surface area contributed by atoms with Gasteiger partial charge in [0.15, 0.2) is 5.75 Å². The maximum Gasteiger partial charge on any atom is 0.348 e. The molecule has 0 aromatic carbocycles. The average Bonchev–Trinajstić information content (AvgIpc) is 2.67. The zero-order valence-electron chi connectivity index (χ0n) is 8.98. The van der Waals surface area contributed by atoms with Crippen LogP contribution in [0.4, 0.5) is 5.69 Å². The van der Waals surface area contributed by atoms with Crippen LogP contribution in [-0.4, -0.2) is 24.7 Å². The van der Waals surface area contributed by atoms with Crippen LogP contribution in [0.3, 0.4) is 0 Å². The average molecular weight is 263 g/mol. The minimum absolute atomic E-state index is 0.230. The van der Waals surface area contributed by atoms with Gasteiger partial charge < -0.3 is 14.6 Å². The fourth-order valence-corrected chi connectivity index (χ4v) is 2.34. The first kappa shape index (κ1) is 13.1. The molecule has 0 aliphatic rings. The summed E-state index contributed by atoms with van der Waals surface area (Å²) in [6.07, 6.45) is 0.902.